The highest BCUT2D eigenvalue weighted by atomic mass is 35.5. The van der Waals surface area contributed by atoms with Crippen LogP contribution in [0.4, 0.5) is 5.95 Å². The van der Waals surface area contributed by atoms with E-state index in [4.69, 9.17) is 16.6 Å². The van der Waals surface area contributed by atoms with Crippen molar-refractivity contribution in [1.82, 2.24) is 20.3 Å². The van der Waals surface area contributed by atoms with Crippen molar-refractivity contribution in [2.45, 2.75) is 19.4 Å². The molecular formula is C18H20ClN5. The molecule has 24 heavy (non-hydrogen) atoms. The number of anilines is 1. The van der Waals surface area contributed by atoms with Crippen molar-refractivity contribution in [1.29, 1.82) is 0 Å². The van der Waals surface area contributed by atoms with Gasteiger partial charge in [0.1, 0.15) is 0 Å². The van der Waals surface area contributed by atoms with E-state index in [1.54, 1.807) is 6.20 Å². The number of rotatable bonds is 3. The fraction of sp³-hybridized carbons (Fsp3) is 0.333. The van der Waals surface area contributed by atoms with Gasteiger partial charge in [-0.1, -0.05) is 36.7 Å². The van der Waals surface area contributed by atoms with Crippen LogP contribution in [-0.2, 0) is 0 Å². The van der Waals surface area contributed by atoms with Gasteiger partial charge >= 0.3 is 0 Å². The lowest BCUT2D eigenvalue weighted by Gasteiger charge is -2.30. The molecule has 3 aromatic rings. The van der Waals surface area contributed by atoms with Crippen molar-refractivity contribution >= 4 is 28.5 Å². The van der Waals surface area contributed by atoms with Crippen LogP contribution >= 0.6 is 11.6 Å². The molecule has 2 atom stereocenters. The second kappa shape index (κ2) is 6.42. The number of nitrogens with one attached hydrogen (secondary N) is 3. The fourth-order valence-corrected chi connectivity index (χ4v) is 3.43. The Bertz CT molecular complexity index is 859. The van der Waals surface area contributed by atoms with Crippen LogP contribution in [0, 0.1) is 5.92 Å². The molecule has 3 heterocycles. The SMILES string of the molecule is C[C@@H]1CCNC[C@@H]1Nc1ncc(Cl)c(-c2c[nH]c3ccccc23)n1. The zero-order valence-corrected chi connectivity index (χ0v) is 14.3. The smallest absolute Gasteiger partial charge is 0.223 e. The van der Waals surface area contributed by atoms with E-state index in [0.717, 1.165) is 41.7 Å². The molecule has 0 radical (unpaired) electrons. The number of benzene rings is 1. The molecule has 0 amide bonds. The molecule has 0 bridgehead atoms. The molecule has 0 spiro atoms. The van der Waals surface area contributed by atoms with Crippen LogP contribution in [0.5, 0.6) is 0 Å². The standard InChI is InChI=1S/C18H20ClN5/c1-11-6-7-20-10-16(11)23-18-22-9-14(19)17(24-18)13-8-21-15-5-3-2-4-12(13)15/h2-5,8-9,11,16,20-21H,6-7,10H2,1H3,(H,22,23,24)/t11-,16+/m1/s1. The molecule has 5 nitrogen and oxygen atoms in total. The number of aromatic amines is 1. The Hall–Kier alpha value is -2.11. The van der Waals surface area contributed by atoms with Crippen LogP contribution in [0.3, 0.4) is 0 Å². The molecule has 1 aliphatic heterocycles. The first-order chi connectivity index (χ1) is 11.7. The van der Waals surface area contributed by atoms with Gasteiger partial charge in [-0.25, -0.2) is 9.97 Å². The van der Waals surface area contributed by atoms with Crippen LogP contribution in [-0.4, -0.2) is 34.1 Å². The van der Waals surface area contributed by atoms with Crippen molar-refractivity contribution in [2.75, 3.05) is 18.4 Å². The van der Waals surface area contributed by atoms with Gasteiger partial charge in [0.2, 0.25) is 5.95 Å². The number of aromatic nitrogens is 3. The van der Waals surface area contributed by atoms with Crippen molar-refractivity contribution in [2.24, 2.45) is 5.92 Å². The minimum absolute atomic E-state index is 0.329. The topological polar surface area (TPSA) is 65.6 Å². The van der Waals surface area contributed by atoms with Gasteiger partial charge in [-0.2, -0.15) is 0 Å². The molecule has 2 aromatic heterocycles. The normalized spacial score (nSPS) is 21.1. The Morgan fingerprint density at radius 1 is 1.29 bits per heavy atom. The summed E-state index contributed by atoms with van der Waals surface area (Å²) in [5, 5.41) is 8.53. The number of halogens is 1. The summed E-state index contributed by atoms with van der Waals surface area (Å²) >= 11 is 6.38. The Kier molecular flexibility index (Phi) is 4.12. The Balaban J connectivity index is 1.69. The van der Waals surface area contributed by atoms with E-state index in [1.807, 2.05) is 24.4 Å². The van der Waals surface area contributed by atoms with Gasteiger partial charge in [-0.3, -0.25) is 0 Å². The summed E-state index contributed by atoms with van der Waals surface area (Å²) < 4.78 is 0. The zero-order chi connectivity index (χ0) is 16.5. The predicted octanol–water partition coefficient (Wildman–Crippen LogP) is 3.69. The number of nitrogens with zero attached hydrogens (tertiary/aromatic N) is 2. The van der Waals surface area contributed by atoms with E-state index >= 15 is 0 Å². The first kappa shape index (κ1) is 15.4. The third-order valence-corrected chi connectivity index (χ3v) is 5.01. The molecule has 6 heteroatoms. The van der Waals surface area contributed by atoms with E-state index < -0.39 is 0 Å². The van der Waals surface area contributed by atoms with E-state index in [2.05, 4.69) is 33.6 Å². The van der Waals surface area contributed by atoms with Gasteiger partial charge in [0.05, 0.1) is 16.9 Å². The first-order valence-electron chi connectivity index (χ1n) is 8.28. The van der Waals surface area contributed by atoms with Gasteiger partial charge in [-0.15, -0.1) is 0 Å². The quantitative estimate of drug-likeness (QED) is 0.679. The summed E-state index contributed by atoms with van der Waals surface area (Å²) in [4.78, 5) is 12.3. The van der Waals surface area contributed by atoms with Crippen LogP contribution in [0.1, 0.15) is 13.3 Å². The molecule has 1 aliphatic rings. The van der Waals surface area contributed by atoms with E-state index in [1.165, 1.54) is 0 Å². The van der Waals surface area contributed by atoms with E-state index in [0.29, 0.717) is 22.9 Å². The molecule has 124 valence electrons. The maximum atomic E-state index is 6.38. The minimum atomic E-state index is 0.329. The van der Waals surface area contributed by atoms with Crippen molar-refractivity contribution in [3.63, 3.8) is 0 Å². The van der Waals surface area contributed by atoms with Crippen LogP contribution in [0.15, 0.2) is 36.7 Å². The van der Waals surface area contributed by atoms with Gasteiger partial charge in [-0.05, 0) is 24.9 Å². The highest BCUT2D eigenvalue weighted by molar-refractivity contribution is 6.33. The third-order valence-electron chi connectivity index (χ3n) is 4.73. The Labute approximate surface area is 145 Å². The Morgan fingerprint density at radius 2 is 2.17 bits per heavy atom. The van der Waals surface area contributed by atoms with Crippen molar-refractivity contribution in [3.05, 3.63) is 41.7 Å². The summed E-state index contributed by atoms with van der Waals surface area (Å²) in [5.74, 6) is 1.21. The predicted molar refractivity (Wildman–Crippen MR) is 98.4 cm³/mol. The maximum absolute atomic E-state index is 6.38. The second-order valence-corrected chi connectivity index (χ2v) is 6.77. The summed E-state index contributed by atoms with van der Waals surface area (Å²) in [6.45, 7) is 4.26. The third kappa shape index (κ3) is 2.85. The number of hydrogen-bond donors (Lipinski definition) is 3. The van der Waals surface area contributed by atoms with E-state index in [-0.39, 0.29) is 0 Å². The number of fused-ring (bicyclic) bond motifs is 1. The molecule has 0 saturated carbocycles. The molecule has 4 rings (SSSR count). The van der Waals surface area contributed by atoms with Gasteiger partial charge in [0.25, 0.3) is 0 Å². The number of para-hydroxylation sites is 1. The lowest BCUT2D eigenvalue weighted by molar-refractivity contribution is 0.365. The first-order valence-corrected chi connectivity index (χ1v) is 8.66. The summed E-state index contributed by atoms with van der Waals surface area (Å²) in [6.07, 6.45) is 4.78. The lowest BCUT2D eigenvalue weighted by atomic mass is 9.95. The van der Waals surface area contributed by atoms with Crippen LogP contribution in [0.2, 0.25) is 5.02 Å². The summed E-state index contributed by atoms with van der Waals surface area (Å²) in [6, 6.07) is 8.47. The van der Waals surface area contributed by atoms with Gasteiger partial charge in [0, 0.05) is 35.2 Å². The number of H-pyrrole nitrogens is 1. The molecular weight excluding hydrogens is 322 g/mol. The number of piperidine rings is 1. The molecule has 1 saturated heterocycles. The van der Waals surface area contributed by atoms with Gasteiger partial charge in [0.15, 0.2) is 0 Å². The van der Waals surface area contributed by atoms with Crippen LogP contribution in [0.25, 0.3) is 22.2 Å². The largest absolute Gasteiger partial charge is 0.360 e. The van der Waals surface area contributed by atoms with E-state index in [9.17, 15) is 0 Å². The fourth-order valence-electron chi connectivity index (χ4n) is 3.24. The number of hydrogen-bond acceptors (Lipinski definition) is 4. The summed E-state index contributed by atoms with van der Waals surface area (Å²) in [5.41, 5.74) is 2.82. The monoisotopic (exact) mass is 341 g/mol. The zero-order valence-electron chi connectivity index (χ0n) is 13.5. The molecule has 1 fully saturated rings. The summed E-state index contributed by atoms with van der Waals surface area (Å²) in [7, 11) is 0. The maximum Gasteiger partial charge on any atom is 0.223 e. The van der Waals surface area contributed by atoms with Crippen molar-refractivity contribution in [3.8, 4) is 11.3 Å². The Morgan fingerprint density at radius 3 is 3.04 bits per heavy atom. The van der Waals surface area contributed by atoms with Crippen LogP contribution < -0.4 is 10.6 Å². The minimum Gasteiger partial charge on any atom is -0.360 e. The van der Waals surface area contributed by atoms with Crippen molar-refractivity contribution < 1.29 is 0 Å². The highest BCUT2D eigenvalue weighted by Gasteiger charge is 2.22. The lowest BCUT2D eigenvalue weighted by Crippen LogP contribution is -2.44. The second-order valence-electron chi connectivity index (χ2n) is 6.36. The molecule has 1 aromatic carbocycles. The van der Waals surface area contributed by atoms with Gasteiger partial charge < -0.3 is 15.6 Å². The average molecular weight is 342 g/mol. The molecule has 3 N–H and O–H groups in total. The average Bonchev–Trinajstić information content (AvgIpc) is 3.02. The highest BCUT2D eigenvalue weighted by Crippen LogP contribution is 2.32. The molecule has 0 aliphatic carbocycles. The molecule has 0 unspecified atom stereocenters.